The van der Waals surface area contributed by atoms with E-state index >= 15 is 0 Å². The molecule has 96 valence electrons. The Bertz CT molecular complexity index is 590. The van der Waals surface area contributed by atoms with Crippen LogP contribution >= 0.6 is 0 Å². The third-order valence-electron chi connectivity index (χ3n) is 2.80. The van der Waals surface area contributed by atoms with Gasteiger partial charge < -0.3 is 4.84 Å². The molecular weight excluding hydrogens is 246 g/mol. The molecule has 0 saturated heterocycles. The number of hydroxylamine groups is 2. The summed E-state index contributed by atoms with van der Waals surface area (Å²) in [5.41, 5.74) is -0.798. The summed E-state index contributed by atoms with van der Waals surface area (Å²) in [6, 6.07) is 6.24. The fraction of sp³-hybridized carbons (Fsp3) is 0.214. The number of carbonyl (C=O) groups is 3. The largest absolute Gasteiger partial charge is 0.350 e. The lowest BCUT2D eigenvalue weighted by Gasteiger charge is -2.19. The Hall–Kier alpha value is -2.61. The van der Waals surface area contributed by atoms with E-state index in [9.17, 15) is 14.4 Å². The molecule has 0 aliphatic carbocycles. The standard InChI is InChI=1S/C14H11NO4/c1-4-14(2,3)13(18)19-15-11(16)9-7-5-6-8-10(9)12(15)17/h1,5-8H,2-3H3. The van der Waals surface area contributed by atoms with Gasteiger partial charge in [-0.1, -0.05) is 23.1 Å². The molecule has 1 aliphatic rings. The van der Waals surface area contributed by atoms with Crippen LogP contribution in [-0.2, 0) is 9.63 Å². The van der Waals surface area contributed by atoms with E-state index in [0.717, 1.165) is 0 Å². The van der Waals surface area contributed by atoms with E-state index in [4.69, 9.17) is 11.3 Å². The summed E-state index contributed by atoms with van der Waals surface area (Å²) >= 11 is 0. The van der Waals surface area contributed by atoms with E-state index in [0.29, 0.717) is 5.06 Å². The summed E-state index contributed by atoms with van der Waals surface area (Å²) in [5.74, 6) is 0.0828. The van der Waals surface area contributed by atoms with Gasteiger partial charge in [-0.25, -0.2) is 4.79 Å². The average molecular weight is 257 g/mol. The van der Waals surface area contributed by atoms with Crippen LogP contribution in [0.1, 0.15) is 34.6 Å². The molecule has 2 rings (SSSR count). The van der Waals surface area contributed by atoms with Gasteiger partial charge in [0.25, 0.3) is 11.8 Å². The lowest BCUT2D eigenvalue weighted by Crippen LogP contribution is -2.37. The highest BCUT2D eigenvalue weighted by Crippen LogP contribution is 2.25. The fourth-order valence-electron chi connectivity index (χ4n) is 1.51. The Balaban J connectivity index is 2.27. The van der Waals surface area contributed by atoms with Crippen LogP contribution in [0.5, 0.6) is 0 Å². The van der Waals surface area contributed by atoms with Crippen molar-refractivity contribution in [3.63, 3.8) is 0 Å². The minimum absolute atomic E-state index is 0.207. The number of terminal acetylenes is 1. The first-order valence-corrected chi connectivity index (χ1v) is 5.56. The Morgan fingerprint density at radius 2 is 1.68 bits per heavy atom. The number of carbonyl (C=O) groups excluding carboxylic acids is 3. The number of imide groups is 1. The van der Waals surface area contributed by atoms with Crippen LogP contribution < -0.4 is 0 Å². The molecule has 1 aromatic rings. The third kappa shape index (κ3) is 1.97. The molecule has 2 amide bonds. The molecule has 0 aromatic heterocycles. The van der Waals surface area contributed by atoms with Gasteiger partial charge in [-0.15, -0.1) is 6.42 Å². The number of fused-ring (bicyclic) bond motifs is 1. The second kappa shape index (κ2) is 4.25. The first kappa shape index (κ1) is 12.8. The lowest BCUT2D eigenvalue weighted by atomic mass is 9.96. The number of benzene rings is 1. The van der Waals surface area contributed by atoms with Gasteiger partial charge in [0, 0.05) is 0 Å². The maximum Gasteiger partial charge on any atom is 0.350 e. The summed E-state index contributed by atoms with van der Waals surface area (Å²) in [7, 11) is 0. The van der Waals surface area contributed by atoms with Gasteiger partial charge in [-0.2, -0.15) is 0 Å². The van der Waals surface area contributed by atoms with E-state index in [1.54, 1.807) is 12.1 Å². The van der Waals surface area contributed by atoms with Crippen molar-refractivity contribution in [2.24, 2.45) is 5.41 Å². The van der Waals surface area contributed by atoms with E-state index in [-0.39, 0.29) is 11.1 Å². The number of hydrogen-bond donors (Lipinski definition) is 0. The van der Waals surface area contributed by atoms with Crippen LogP contribution in [0.2, 0.25) is 0 Å². The monoisotopic (exact) mass is 257 g/mol. The summed E-state index contributed by atoms with van der Waals surface area (Å²) in [4.78, 5) is 40.5. The van der Waals surface area contributed by atoms with Gasteiger partial charge in [0.2, 0.25) is 0 Å². The minimum Gasteiger partial charge on any atom is -0.328 e. The highest BCUT2D eigenvalue weighted by Gasteiger charge is 2.41. The normalized spacial score (nSPS) is 14.1. The molecule has 19 heavy (non-hydrogen) atoms. The van der Waals surface area contributed by atoms with Gasteiger partial charge in [0.1, 0.15) is 5.41 Å². The Morgan fingerprint density at radius 1 is 1.21 bits per heavy atom. The topological polar surface area (TPSA) is 63.7 Å². The van der Waals surface area contributed by atoms with Crippen LogP contribution in [0.3, 0.4) is 0 Å². The number of nitrogens with zero attached hydrogens (tertiary/aromatic N) is 1. The highest BCUT2D eigenvalue weighted by atomic mass is 16.7. The Labute approximate surface area is 110 Å². The van der Waals surface area contributed by atoms with Crippen molar-refractivity contribution in [1.82, 2.24) is 5.06 Å². The quantitative estimate of drug-likeness (QED) is 0.593. The van der Waals surface area contributed by atoms with Crippen LogP contribution in [0, 0.1) is 17.8 Å². The summed E-state index contributed by atoms with van der Waals surface area (Å²) in [6.07, 6.45) is 5.20. The van der Waals surface area contributed by atoms with Crippen LogP contribution in [0.25, 0.3) is 0 Å². The highest BCUT2D eigenvalue weighted by molar-refractivity contribution is 6.20. The molecule has 0 bridgehead atoms. The van der Waals surface area contributed by atoms with Crippen molar-refractivity contribution in [3.8, 4) is 12.3 Å². The average Bonchev–Trinajstić information content (AvgIpc) is 2.64. The molecule has 1 heterocycles. The summed E-state index contributed by atoms with van der Waals surface area (Å²) in [5, 5.41) is 0.450. The third-order valence-corrected chi connectivity index (χ3v) is 2.80. The molecule has 0 spiro atoms. The molecule has 0 fully saturated rings. The number of hydrogen-bond acceptors (Lipinski definition) is 4. The van der Waals surface area contributed by atoms with Crippen molar-refractivity contribution >= 4 is 17.8 Å². The lowest BCUT2D eigenvalue weighted by molar-refractivity contribution is -0.176. The summed E-state index contributed by atoms with van der Waals surface area (Å²) in [6.45, 7) is 2.93. The van der Waals surface area contributed by atoms with E-state index in [1.165, 1.54) is 26.0 Å². The van der Waals surface area contributed by atoms with Gasteiger partial charge in [0.15, 0.2) is 0 Å². The van der Waals surface area contributed by atoms with Crippen molar-refractivity contribution < 1.29 is 19.2 Å². The number of amides is 2. The van der Waals surface area contributed by atoms with Gasteiger partial charge in [-0.05, 0) is 26.0 Å². The molecule has 0 N–H and O–H groups in total. The second-order valence-corrected chi connectivity index (χ2v) is 4.60. The van der Waals surface area contributed by atoms with Crippen LogP contribution in [0.4, 0.5) is 0 Å². The number of rotatable bonds is 2. The summed E-state index contributed by atoms with van der Waals surface area (Å²) < 4.78 is 0. The molecule has 1 aromatic carbocycles. The molecule has 5 nitrogen and oxygen atoms in total. The van der Waals surface area contributed by atoms with Gasteiger partial charge in [-0.3, -0.25) is 9.59 Å². The van der Waals surface area contributed by atoms with Crippen molar-refractivity contribution in [1.29, 1.82) is 0 Å². The van der Waals surface area contributed by atoms with Gasteiger partial charge >= 0.3 is 5.97 Å². The zero-order chi connectivity index (χ0) is 14.2. The van der Waals surface area contributed by atoms with E-state index in [2.05, 4.69) is 5.92 Å². The van der Waals surface area contributed by atoms with Crippen molar-refractivity contribution in [2.45, 2.75) is 13.8 Å². The van der Waals surface area contributed by atoms with E-state index < -0.39 is 23.2 Å². The van der Waals surface area contributed by atoms with Crippen molar-refractivity contribution in [3.05, 3.63) is 35.4 Å². The predicted octanol–water partition coefficient (Wildman–Crippen LogP) is 1.40. The smallest absolute Gasteiger partial charge is 0.328 e. The Morgan fingerprint density at radius 3 is 2.11 bits per heavy atom. The maximum atomic E-state index is 11.9. The molecule has 0 radical (unpaired) electrons. The fourth-order valence-corrected chi connectivity index (χ4v) is 1.51. The van der Waals surface area contributed by atoms with Crippen LogP contribution in [0.15, 0.2) is 24.3 Å². The minimum atomic E-state index is -1.21. The maximum absolute atomic E-state index is 11.9. The predicted molar refractivity (Wildman–Crippen MR) is 65.6 cm³/mol. The first-order valence-electron chi connectivity index (χ1n) is 5.56. The second-order valence-electron chi connectivity index (χ2n) is 4.60. The van der Waals surface area contributed by atoms with E-state index in [1.807, 2.05) is 0 Å². The zero-order valence-electron chi connectivity index (χ0n) is 10.5. The Kier molecular flexibility index (Phi) is 2.87. The molecule has 0 unspecified atom stereocenters. The first-order chi connectivity index (χ1) is 8.88. The molecular formula is C14H11NO4. The molecule has 0 atom stereocenters. The van der Waals surface area contributed by atoms with Crippen molar-refractivity contribution in [2.75, 3.05) is 0 Å². The molecule has 5 heteroatoms. The molecule has 1 aliphatic heterocycles. The zero-order valence-corrected chi connectivity index (χ0v) is 10.5. The molecule has 0 saturated carbocycles. The van der Waals surface area contributed by atoms with Gasteiger partial charge in [0.05, 0.1) is 11.1 Å². The van der Waals surface area contributed by atoms with Crippen LogP contribution in [-0.4, -0.2) is 22.8 Å². The SMILES string of the molecule is C#CC(C)(C)C(=O)ON1C(=O)c2ccccc2C1=O.